The Balaban J connectivity index is 1.37. The molecule has 3 heterocycles. The van der Waals surface area contributed by atoms with Crippen LogP contribution in [0.3, 0.4) is 0 Å². The lowest BCUT2D eigenvalue weighted by atomic mass is 9.98. The van der Waals surface area contributed by atoms with Gasteiger partial charge in [-0.3, -0.25) is 9.88 Å². The molecule has 1 aliphatic heterocycles. The number of nitrogens with one attached hydrogen (secondary N) is 2. The molecular formula is C34H33Cl2FN8. The van der Waals surface area contributed by atoms with Crippen LogP contribution >= 0.6 is 23.2 Å². The van der Waals surface area contributed by atoms with Gasteiger partial charge in [-0.25, -0.2) is 9.07 Å². The number of rotatable bonds is 7. The topological polar surface area (TPSA) is 94.7 Å². The zero-order chi connectivity index (χ0) is 31.7. The smallest absolute Gasteiger partial charge is 0.165 e. The molecule has 0 amide bonds. The number of pyridine rings is 1. The molecule has 6 rings (SSSR count). The number of benzene rings is 3. The number of hydrogen-bond acceptors (Lipinski definition) is 7. The number of halogens is 3. The zero-order valence-electron chi connectivity index (χ0n) is 25.2. The third-order valence-corrected chi connectivity index (χ3v) is 8.82. The van der Waals surface area contributed by atoms with Crippen LogP contribution in [0.15, 0.2) is 73.1 Å². The summed E-state index contributed by atoms with van der Waals surface area (Å²) < 4.78 is 16.9. The van der Waals surface area contributed by atoms with Crippen LogP contribution in [0.5, 0.6) is 0 Å². The SMILES string of the molecule is CC(C)(C)N1CCC(n2cc([C@@H](Nc3cc(Cl)cc4c(Nc5cccc(Cl)c5F)c(C#N)cnc34)c3ccccc3)nn2)CC1. The number of aromatic nitrogens is 4. The van der Waals surface area contributed by atoms with Crippen LogP contribution in [-0.4, -0.2) is 43.5 Å². The van der Waals surface area contributed by atoms with Crippen molar-refractivity contribution in [2.24, 2.45) is 0 Å². The van der Waals surface area contributed by atoms with Gasteiger partial charge in [0.25, 0.3) is 0 Å². The van der Waals surface area contributed by atoms with Gasteiger partial charge in [-0.05, 0) is 63.4 Å². The van der Waals surface area contributed by atoms with Crippen LogP contribution in [0.25, 0.3) is 10.9 Å². The van der Waals surface area contributed by atoms with Gasteiger partial charge in [0.2, 0.25) is 0 Å². The molecule has 230 valence electrons. The van der Waals surface area contributed by atoms with E-state index in [-0.39, 0.29) is 33.9 Å². The fraction of sp³-hybridized carbons (Fsp3) is 0.294. The van der Waals surface area contributed by atoms with Crippen LogP contribution in [0.4, 0.5) is 21.5 Å². The number of anilines is 3. The maximum atomic E-state index is 14.9. The summed E-state index contributed by atoms with van der Waals surface area (Å²) in [5.41, 5.74) is 3.78. The van der Waals surface area contributed by atoms with Gasteiger partial charge in [-0.2, -0.15) is 5.26 Å². The molecule has 8 nitrogen and oxygen atoms in total. The molecule has 45 heavy (non-hydrogen) atoms. The Morgan fingerprint density at radius 1 is 1.02 bits per heavy atom. The van der Waals surface area contributed by atoms with E-state index < -0.39 is 5.82 Å². The second-order valence-electron chi connectivity index (χ2n) is 12.2. The Labute approximate surface area is 271 Å². The van der Waals surface area contributed by atoms with Gasteiger partial charge < -0.3 is 10.6 Å². The van der Waals surface area contributed by atoms with Gasteiger partial charge in [0.05, 0.1) is 51.4 Å². The summed E-state index contributed by atoms with van der Waals surface area (Å²) in [4.78, 5) is 7.14. The molecule has 1 aliphatic rings. The van der Waals surface area contributed by atoms with Crippen molar-refractivity contribution < 1.29 is 4.39 Å². The second-order valence-corrected chi connectivity index (χ2v) is 13.1. The largest absolute Gasteiger partial charge is 0.371 e. The molecular weight excluding hydrogens is 610 g/mol. The van der Waals surface area contributed by atoms with E-state index >= 15 is 0 Å². The Morgan fingerprint density at radius 2 is 1.78 bits per heavy atom. The molecule has 1 atom stereocenters. The molecule has 0 aliphatic carbocycles. The highest BCUT2D eigenvalue weighted by atomic mass is 35.5. The summed E-state index contributed by atoms with van der Waals surface area (Å²) in [5.74, 6) is -0.621. The monoisotopic (exact) mass is 642 g/mol. The number of nitriles is 1. The highest BCUT2D eigenvalue weighted by Gasteiger charge is 2.29. The summed E-state index contributed by atoms with van der Waals surface area (Å²) in [5, 5.41) is 26.7. The number of likely N-dealkylation sites (tertiary alicyclic amines) is 1. The third-order valence-electron chi connectivity index (χ3n) is 8.31. The first-order chi connectivity index (χ1) is 21.6. The number of hydrogen-bond donors (Lipinski definition) is 2. The molecule has 2 aromatic heterocycles. The molecule has 5 aromatic rings. The summed E-state index contributed by atoms with van der Waals surface area (Å²) in [6.07, 6.45) is 5.47. The van der Waals surface area contributed by atoms with Gasteiger partial charge in [-0.15, -0.1) is 5.10 Å². The molecule has 0 radical (unpaired) electrons. The normalized spacial score (nSPS) is 15.1. The zero-order valence-corrected chi connectivity index (χ0v) is 26.7. The summed E-state index contributed by atoms with van der Waals surface area (Å²) in [6, 6.07) is 20.2. The van der Waals surface area contributed by atoms with Crippen LogP contribution in [0, 0.1) is 17.1 Å². The third kappa shape index (κ3) is 6.45. The molecule has 0 saturated carbocycles. The summed E-state index contributed by atoms with van der Waals surface area (Å²) in [6.45, 7) is 8.76. The van der Waals surface area contributed by atoms with Crippen molar-refractivity contribution in [2.45, 2.75) is 51.2 Å². The van der Waals surface area contributed by atoms with Crippen LogP contribution in [0.1, 0.15) is 62.5 Å². The van der Waals surface area contributed by atoms with Gasteiger partial charge in [0.15, 0.2) is 5.82 Å². The van der Waals surface area contributed by atoms with E-state index in [0.29, 0.717) is 27.3 Å². The first-order valence-corrected chi connectivity index (χ1v) is 15.6. The lowest BCUT2D eigenvalue weighted by molar-refractivity contribution is 0.0866. The molecule has 3 aromatic carbocycles. The van der Waals surface area contributed by atoms with E-state index in [9.17, 15) is 9.65 Å². The van der Waals surface area contributed by atoms with Crippen molar-refractivity contribution in [2.75, 3.05) is 23.7 Å². The maximum absolute atomic E-state index is 14.9. The predicted octanol–water partition coefficient (Wildman–Crippen LogP) is 8.52. The molecule has 11 heteroatoms. The van der Waals surface area contributed by atoms with E-state index in [4.69, 9.17) is 23.2 Å². The van der Waals surface area contributed by atoms with Gasteiger partial charge in [-0.1, -0.05) is 64.8 Å². The van der Waals surface area contributed by atoms with Gasteiger partial charge in [0, 0.05) is 35.2 Å². The number of fused-ring (bicyclic) bond motifs is 1. The summed E-state index contributed by atoms with van der Waals surface area (Å²) >= 11 is 12.7. The summed E-state index contributed by atoms with van der Waals surface area (Å²) in [7, 11) is 0. The Bertz CT molecular complexity index is 1870. The predicted molar refractivity (Wildman–Crippen MR) is 178 cm³/mol. The molecule has 2 N–H and O–H groups in total. The van der Waals surface area contributed by atoms with E-state index in [2.05, 4.69) is 57.7 Å². The van der Waals surface area contributed by atoms with Gasteiger partial charge >= 0.3 is 0 Å². The first kappa shape index (κ1) is 30.8. The van der Waals surface area contributed by atoms with Crippen molar-refractivity contribution >= 4 is 51.2 Å². The maximum Gasteiger partial charge on any atom is 0.165 e. The van der Waals surface area contributed by atoms with Crippen molar-refractivity contribution in [1.82, 2.24) is 24.9 Å². The standard InChI is InChI=1S/C34H33Cl2FN8/c1-34(2,3)44-14-12-24(13-15-44)45-20-29(42-43-45)32(21-8-5-4-6-9-21)41-28-17-23(35)16-25-31(22(18-38)19-39-33(25)28)40-27-11-7-10-26(36)30(27)37/h4-11,16-17,19-20,24,32,41H,12-15H2,1-3H3,(H,39,40)/t32-/m0/s1. The van der Waals surface area contributed by atoms with E-state index in [1.54, 1.807) is 24.3 Å². The van der Waals surface area contributed by atoms with Crippen LogP contribution in [-0.2, 0) is 0 Å². The van der Waals surface area contributed by atoms with Crippen molar-refractivity contribution in [3.8, 4) is 6.07 Å². The van der Waals surface area contributed by atoms with Crippen molar-refractivity contribution in [3.63, 3.8) is 0 Å². The highest BCUT2D eigenvalue weighted by molar-refractivity contribution is 6.32. The van der Waals surface area contributed by atoms with Crippen molar-refractivity contribution in [3.05, 3.63) is 106 Å². The average molecular weight is 644 g/mol. The highest BCUT2D eigenvalue weighted by Crippen LogP contribution is 2.38. The minimum atomic E-state index is -0.621. The average Bonchev–Trinajstić information content (AvgIpc) is 3.52. The van der Waals surface area contributed by atoms with E-state index in [1.807, 2.05) is 41.2 Å². The minimum Gasteiger partial charge on any atom is -0.371 e. The Morgan fingerprint density at radius 3 is 2.49 bits per heavy atom. The fourth-order valence-corrected chi connectivity index (χ4v) is 6.26. The van der Waals surface area contributed by atoms with E-state index in [0.717, 1.165) is 37.2 Å². The van der Waals surface area contributed by atoms with Gasteiger partial charge in [0.1, 0.15) is 11.8 Å². The molecule has 0 spiro atoms. The molecule has 0 unspecified atom stereocenters. The number of nitrogens with zero attached hydrogens (tertiary/aromatic N) is 6. The number of piperidine rings is 1. The first-order valence-electron chi connectivity index (χ1n) is 14.8. The molecule has 0 bridgehead atoms. The quantitative estimate of drug-likeness (QED) is 0.184. The van der Waals surface area contributed by atoms with Crippen LogP contribution in [0.2, 0.25) is 10.0 Å². The minimum absolute atomic E-state index is 0.0317. The molecule has 1 fully saturated rings. The lowest BCUT2D eigenvalue weighted by Gasteiger charge is -2.40. The second kappa shape index (κ2) is 12.6. The van der Waals surface area contributed by atoms with Crippen molar-refractivity contribution in [1.29, 1.82) is 5.26 Å². The molecule has 1 saturated heterocycles. The Hall–Kier alpha value is -4.23. The lowest BCUT2D eigenvalue weighted by Crippen LogP contribution is -2.46. The van der Waals surface area contributed by atoms with Crippen LogP contribution < -0.4 is 10.6 Å². The Kier molecular flexibility index (Phi) is 8.65. The fourth-order valence-electron chi connectivity index (χ4n) is 5.86. The van der Waals surface area contributed by atoms with E-state index in [1.165, 1.54) is 12.3 Å².